The second kappa shape index (κ2) is 4.82. The number of likely N-dealkylation sites (tertiary alicyclic amines) is 1. The Morgan fingerprint density at radius 1 is 1.38 bits per heavy atom. The summed E-state index contributed by atoms with van der Waals surface area (Å²) >= 11 is 0. The van der Waals surface area contributed by atoms with Gasteiger partial charge in [-0.25, -0.2) is 4.79 Å². The van der Waals surface area contributed by atoms with Crippen molar-refractivity contribution in [3.8, 4) is 0 Å². The summed E-state index contributed by atoms with van der Waals surface area (Å²) in [6.07, 6.45) is -0.332. The van der Waals surface area contributed by atoms with Crippen molar-refractivity contribution in [1.29, 1.82) is 0 Å². The van der Waals surface area contributed by atoms with Gasteiger partial charge in [-0.1, -0.05) is 0 Å². The van der Waals surface area contributed by atoms with Crippen molar-refractivity contribution in [3.05, 3.63) is 0 Å². The third-order valence-electron chi connectivity index (χ3n) is 2.34. The van der Waals surface area contributed by atoms with Crippen LogP contribution in [0.15, 0.2) is 0 Å². The van der Waals surface area contributed by atoms with E-state index in [2.05, 4.69) is 5.32 Å². The van der Waals surface area contributed by atoms with Crippen molar-refractivity contribution in [2.24, 2.45) is 5.92 Å². The molecular weight excluding hydrogens is 208 g/mol. The van der Waals surface area contributed by atoms with Crippen molar-refractivity contribution >= 4 is 11.9 Å². The molecule has 0 aromatic carbocycles. The molecule has 0 aromatic heterocycles. The molecule has 5 heteroatoms. The Balaban J connectivity index is 2.30. The second-order valence-corrected chi connectivity index (χ2v) is 5.08. The largest absolute Gasteiger partial charge is 0.444 e. The maximum atomic E-state index is 11.5. The van der Waals surface area contributed by atoms with Gasteiger partial charge in [0.1, 0.15) is 5.60 Å². The molecule has 0 bridgehead atoms. The number of Topliss-reactive ketones (excluding diaryl/α,β-unsaturated/α-hetero) is 1. The van der Waals surface area contributed by atoms with Gasteiger partial charge >= 0.3 is 6.09 Å². The minimum Gasteiger partial charge on any atom is -0.444 e. The van der Waals surface area contributed by atoms with E-state index in [4.69, 9.17) is 4.74 Å². The highest BCUT2D eigenvalue weighted by Crippen LogP contribution is 2.19. The average molecular weight is 228 g/mol. The number of ether oxygens (including phenoxy) is 1. The molecule has 1 amide bonds. The van der Waals surface area contributed by atoms with Crippen LogP contribution < -0.4 is 5.32 Å². The number of carbonyl (C=O) groups is 2. The smallest absolute Gasteiger partial charge is 0.410 e. The molecule has 1 heterocycles. The van der Waals surface area contributed by atoms with Crippen molar-refractivity contribution in [2.75, 3.05) is 26.7 Å². The van der Waals surface area contributed by atoms with Crippen LogP contribution in [0.2, 0.25) is 0 Å². The Kier molecular flexibility index (Phi) is 3.91. The average Bonchev–Trinajstić information content (AvgIpc) is 1.97. The Hall–Kier alpha value is -1.10. The number of amides is 1. The zero-order valence-corrected chi connectivity index (χ0v) is 10.4. The molecule has 0 aromatic rings. The van der Waals surface area contributed by atoms with E-state index in [1.165, 1.54) is 0 Å². The molecule has 0 atom stereocenters. The first-order valence-corrected chi connectivity index (χ1v) is 5.48. The molecule has 1 N–H and O–H groups in total. The van der Waals surface area contributed by atoms with Gasteiger partial charge in [0.15, 0.2) is 5.78 Å². The van der Waals surface area contributed by atoms with Gasteiger partial charge in [-0.15, -0.1) is 0 Å². The molecule has 0 radical (unpaired) electrons. The Morgan fingerprint density at radius 2 is 1.94 bits per heavy atom. The van der Waals surface area contributed by atoms with Crippen LogP contribution in [0, 0.1) is 5.92 Å². The first kappa shape index (κ1) is 13.0. The van der Waals surface area contributed by atoms with Crippen molar-refractivity contribution in [3.63, 3.8) is 0 Å². The number of nitrogens with one attached hydrogen (secondary N) is 1. The quantitative estimate of drug-likeness (QED) is 0.770. The van der Waals surface area contributed by atoms with E-state index >= 15 is 0 Å². The minimum atomic E-state index is -0.475. The number of nitrogens with zero attached hydrogens (tertiary/aromatic N) is 1. The van der Waals surface area contributed by atoms with Gasteiger partial charge in [-0.3, -0.25) is 4.79 Å². The molecule has 1 aliphatic rings. The molecule has 16 heavy (non-hydrogen) atoms. The molecule has 1 fully saturated rings. The Morgan fingerprint density at radius 3 is 2.38 bits per heavy atom. The summed E-state index contributed by atoms with van der Waals surface area (Å²) in [5, 5.41) is 2.81. The third-order valence-corrected chi connectivity index (χ3v) is 2.34. The van der Waals surface area contributed by atoms with Gasteiger partial charge in [0.2, 0.25) is 0 Å². The molecule has 0 saturated carbocycles. The summed E-state index contributed by atoms with van der Waals surface area (Å²) in [6.45, 7) is 6.81. The van der Waals surface area contributed by atoms with Crippen LogP contribution >= 0.6 is 0 Å². The highest BCUT2D eigenvalue weighted by Gasteiger charge is 2.37. The minimum absolute atomic E-state index is 0.0278. The molecule has 0 unspecified atom stereocenters. The molecule has 1 saturated heterocycles. The number of hydrogen-bond donors (Lipinski definition) is 1. The first-order chi connectivity index (χ1) is 7.33. The zero-order chi connectivity index (χ0) is 12.3. The summed E-state index contributed by atoms with van der Waals surface area (Å²) in [7, 11) is 1.74. The van der Waals surface area contributed by atoms with Crippen molar-refractivity contribution in [2.45, 2.75) is 26.4 Å². The van der Waals surface area contributed by atoms with E-state index in [1.54, 1.807) is 11.9 Å². The standard InChI is InChI=1S/C11H20N2O3/c1-11(2,3)16-10(15)13-6-8(7-13)9(14)5-12-4/h8,12H,5-7H2,1-4H3. The van der Waals surface area contributed by atoms with E-state index in [1.807, 2.05) is 20.8 Å². The van der Waals surface area contributed by atoms with Gasteiger partial charge in [0.05, 0.1) is 12.5 Å². The van der Waals surface area contributed by atoms with Crippen LogP contribution in [0.25, 0.3) is 0 Å². The van der Waals surface area contributed by atoms with Crippen LogP contribution in [-0.2, 0) is 9.53 Å². The highest BCUT2D eigenvalue weighted by molar-refractivity contribution is 5.86. The van der Waals surface area contributed by atoms with Crippen LogP contribution in [0.5, 0.6) is 0 Å². The maximum Gasteiger partial charge on any atom is 0.410 e. The fourth-order valence-corrected chi connectivity index (χ4v) is 1.48. The summed E-state index contributed by atoms with van der Waals surface area (Å²) in [4.78, 5) is 24.5. The zero-order valence-electron chi connectivity index (χ0n) is 10.4. The monoisotopic (exact) mass is 228 g/mol. The summed E-state index contributed by atoms with van der Waals surface area (Å²) in [5.41, 5.74) is -0.475. The Bertz CT molecular complexity index is 277. The van der Waals surface area contributed by atoms with Gasteiger partial charge < -0.3 is 15.0 Å². The molecule has 5 nitrogen and oxygen atoms in total. The van der Waals surface area contributed by atoms with Crippen LogP contribution in [0.4, 0.5) is 4.79 Å². The topological polar surface area (TPSA) is 58.6 Å². The van der Waals surface area contributed by atoms with Gasteiger partial charge in [-0.2, -0.15) is 0 Å². The number of rotatable bonds is 3. The van der Waals surface area contributed by atoms with E-state index in [0.717, 1.165) is 0 Å². The summed E-state index contributed by atoms with van der Waals surface area (Å²) in [5.74, 6) is 0.127. The first-order valence-electron chi connectivity index (χ1n) is 5.48. The summed E-state index contributed by atoms with van der Waals surface area (Å²) in [6, 6.07) is 0. The van der Waals surface area contributed by atoms with E-state index < -0.39 is 5.60 Å². The fraction of sp³-hybridized carbons (Fsp3) is 0.818. The molecule has 0 spiro atoms. The lowest BCUT2D eigenvalue weighted by Gasteiger charge is -2.38. The lowest BCUT2D eigenvalue weighted by molar-refractivity contribution is -0.126. The molecule has 92 valence electrons. The molecule has 0 aliphatic carbocycles. The van der Waals surface area contributed by atoms with Gasteiger partial charge in [0, 0.05) is 13.1 Å². The third kappa shape index (κ3) is 3.48. The number of hydrogen-bond acceptors (Lipinski definition) is 4. The fourth-order valence-electron chi connectivity index (χ4n) is 1.48. The van der Waals surface area contributed by atoms with E-state index in [-0.39, 0.29) is 17.8 Å². The lowest BCUT2D eigenvalue weighted by atomic mass is 9.95. The number of ketones is 1. The highest BCUT2D eigenvalue weighted by atomic mass is 16.6. The number of likely N-dealkylation sites (N-methyl/N-ethyl adjacent to an activating group) is 1. The van der Waals surface area contributed by atoms with E-state index in [0.29, 0.717) is 19.6 Å². The maximum absolute atomic E-state index is 11.5. The van der Waals surface area contributed by atoms with Gasteiger partial charge in [0.25, 0.3) is 0 Å². The number of carbonyl (C=O) groups excluding carboxylic acids is 2. The predicted molar refractivity (Wildman–Crippen MR) is 60.2 cm³/mol. The molecule has 1 aliphatic heterocycles. The molecular formula is C11H20N2O3. The SMILES string of the molecule is CNCC(=O)C1CN(C(=O)OC(C)(C)C)C1. The van der Waals surface area contributed by atoms with Crippen molar-refractivity contribution in [1.82, 2.24) is 10.2 Å². The van der Waals surface area contributed by atoms with Gasteiger partial charge in [-0.05, 0) is 27.8 Å². The lowest BCUT2D eigenvalue weighted by Crippen LogP contribution is -2.55. The van der Waals surface area contributed by atoms with Crippen LogP contribution in [0.1, 0.15) is 20.8 Å². The second-order valence-electron chi connectivity index (χ2n) is 5.08. The predicted octanol–water partition coefficient (Wildman–Crippen LogP) is 0.642. The van der Waals surface area contributed by atoms with Crippen molar-refractivity contribution < 1.29 is 14.3 Å². The normalized spacial score (nSPS) is 16.9. The Labute approximate surface area is 96.1 Å². The van der Waals surface area contributed by atoms with Crippen LogP contribution in [-0.4, -0.2) is 49.1 Å². The van der Waals surface area contributed by atoms with Crippen LogP contribution in [0.3, 0.4) is 0 Å². The van der Waals surface area contributed by atoms with E-state index in [9.17, 15) is 9.59 Å². The summed E-state index contributed by atoms with van der Waals surface area (Å²) < 4.78 is 5.19. The molecule has 1 rings (SSSR count).